The predicted octanol–water partition coefficient (Wildman–Crippen LogP) is 1.42. The topological polar surface area (TPSA) is 77.8 Å². The molecule has 1 aromatic carbocycles. The second kappa shape index (κ2) is 6.17. The van der Waals surface area contributed by atoms with Crippen molar-refractivity contribution >= 4 is 15.8 Å². The van der Waals surface area contributed by atoms with Gasteiger partial charge in [0.15, 0.2) is 5.44 Å². The molecule has 0 radical (unpaired) electrons. The molecule has 0 aliphatic rings. The predicted molar refractivity (Wildman–Crippen MR) is 71.2 cm³/mol. The van der Waals surface area contributed by atoms with Crippen molar-refractivity contribution in [1.82, 2.24) is 0 Å². The summed E-state index contributed by atoms with van der Waals surface area (Å²) in [6.07, 6.45) is -0.0272. The van der Waals surface area contributed by atoms with Gasteiger partial charge in [-0.15, -0.1) is 0 Å². The van der Waals surface area contributed by atoms with E-state index in [1.165, 1.54) is 0 Å². The third-order valence-corrected chi connectivity index (χ3v) is 3.66. The summed E-state index contributed by atoms with van der Waals surface area (Å²) in [5.41, 5.74) is 0.359. The van der Waals surface area contributed by atoms with Crippen LogP contribution >= 0.6 is 0 Å². The van der Waals surface area contributed by atoms with Crippen LogP contribution in [0.25, 0.3) is 0 Å². The van der Waals surface area contributed by atoms with Crippen LogP contribution in [-0.2, 0) is 10.1 Å². The lowest BCUT2D eigenvalue weighted by atomic mass is 10.2. The molecule has 1 unspecified atom stereocenters. The molecule has 0 bridgehead atoms. The van der Waals surface area contributed by atoms with Crippen LogP contribution in [0, 0.1) is 6.92 Å². The first-order valence-electron chi connectivity index (χ1n) is 5.80. The maximum absolute atomic E-state index is 10.7. The fraction of sp³-hybridized carbons (Fsp3) is 0.500. The third-order valence-electron chi connectivity index (χ3n) is 2.74. The molecule has 1 atom stereocenters. The molecule has 1 rings (SSSR count). The minimum Gasteiger partial charge on any atom is -0.375 e. The van der Waals surface area contributed by atoms with Crippen molar-refractivity contribution in [1.29, 1.82) is 0 Å². The standard InChI is InChI=1S/C12H19NO4S/c1-3-13(8-7-12(14)18(15,16)17)11-6-4-5-10(2)9-11/h4-6,9,12,14H,3,7-8H2,1-2H3,(H,15,16,17). The Morgan fingerprint density at radius 1 is 1.39 bits per heavy atom. The molecule has 0 amide bonds. The van der Waals surface area contributed by atoms with Crippen LogP contribution in [0.15, 0.2) is 24.3 Å². The second-order valence-corrected chi connectivity index (χ2v) is 5.75. The molecular weight excluding hydrogens is 254 g/mol. The van der Waals surface area contributed by atoms with Crippen molar-refractivity contribution in [3.05, 3.63) is 29.8 Å². The van der Waals surface area contributed by atoms with Crippen LogP contribution in [0.4, 0.5) is 5.69 Å². The Kier molecular flexibility index (Phi) is 5.13. The van der Waals surface area contributed by atoms with E-state index in [0.29, 0.717) is 13.1 Å². The fourth-order valence-electron chi connectivity index (χ4n) is 1.71. The maximum atomic E-state index is 10.7. The minimum atomic E-state index is -4.37. The average Bonchev–Trinajstić information content (AvgIpc) is 2.28. The Balaban J connectivity index is 2.69. The monoisotopic (exact) mass is 273 g/mol. The highest BCUT2D eigenvalue weighted by Gasteiger charge is 2.20. The first kappa shape index (κ1) is 14.9. The lowest BCUT2D eigenvalue weighted by molar-refractivity contribution is 0.225. The van der Waals surface area contributed by atoms with Gasteiger partial charge in [-0.3, -0.25) is 4.55 Å². The molecule has 18 heavy (non-hydrogen) atoms. The number of aliphatic hydroxyl groups excluding tert-OH is 1. The maximum Gasteiger partial charge on any atom is 0.292 e. The molecule has 0 saturated carbocycles. The molecule has 1 aromatic rings. The van der Waals surface area contributed by atoms with E-state index in [9.17, 15) is 13.5 Å². The van der Waals surface area contributed by atoms with E-state index in [1.807, 2.05) is 43.0 Å². The number of nitrogens with zero attached hydrogens (tertiary/aromatic N) is 1. The molecule has 0 fully saturated rings. The smallest absolute Gasteiger partial charge is 0.292 e. The Labute approximate surface area is 108 Å². The normalized spacial score (nSPS) is 13.3. The van der Waals surface area contributed by atoms with Crippen molar-refractivity contribution in [3.63, 3.8) is 0 Å². The van der Waals surface area contributed by atoms with Gasteiger partial charge in [-0.2, -0.15) is 8.42 Å². The van der Waals surface area contributed by atoms with Crippen molar-refractivity contribution < 1.29 is 18.1 Å². The number of rotatable bonds is 6. The first-order valence-corrected chi connectivity index (χ1v) is 7.31. The lowest BCUT2D eigenvalue weighted by Crippen LogP contribution is -2.30. The molecule has 102 valence electrons. The summed E-state index contributed by atoms with van der Waals surface area (Å²) in [4.78, 5) is 1.95. The van der Waals surface area contributed by atoms with Crippen LogP contribution < -0.4 is 4.90 Å². The summed E-state index contributed by atoms with van der Waals surface area (Å²) < 4.78 is 30.1. The van der Waals surface area contributed by atoms with E-state index in [-0.39, 0.29) is 6.42 Å². The van der Waals surface area contributed by atoms with Gasteiger partial charge in [-0.25, -0.2) is 0 Å². The van der Waals surface area contributed by atoms with Crippen molar-refractivity contribution in [2.24, 2.45) is 0 Å². The van der Waals surface area contributed by atoms with Crippen molar-refractivity contribution in [3.8, 4) is 0 Å². The van der Waals surface area contributed by atoms with E-state index in [1.54, 1.807) is 0 Å². The Morgan fingerprint density at radius 3 is 2.56 bits per heavy atom. The molecule has 0 aromatic heterocycles. The number of anilines is 1. The van der Waals surface area contributed by atoms with Crippen LogP contribution in [0.2, 0.25) is 0 Å². The molecule has 0 aliphatic carbocycles. The molecule has 0 aliphatic heterocycles. The average molecular weight is 273 g/mol. The summed E-state index contributed by atoms with van der Waals surface area (Å²) in [5.74, 6) is 0. The highest BCUT2D eigenvalue weighted by atomic mass is 32.2. The highest BCUT2D eigenvalue weighted by Crippen LogP contribution is 2.16. The van der Waals surface area contributed by atoms with Crippen LogP contribution in [0.5, 0.6) is 0 Å². The summed E-state index contributed by atoms with van der Waals surface area (Å²) in [5, 5.41) is 9.27. The van der Waals surface area contributed by atoms with Crippen LogP contribution in [0.3, 0.4) is 0 Å². The number of benzene rings is 1. The van der Waals surface area contributed by atoms with Gasteiger partial charge >= 0.3 is 0 Å². The summed E-state index contributed by atoms with van der Waals surface area (Å²) in [6.45, 7) is 4.98. The fourth-order valence-corrected chi connectivity index (χ4v) is 2.11. The van der Waals surface area contributed by atoms with Gasteiger partial charge < -0.3 is 10.0 Å². The molecule has 2 N–H and O–H groups in total. The molecule has 0 spiro atoms. The van der Waals surface area contributed by atoms with Gasteiger partial charge in [0.25, 0.3) is 10.1 Å². The Morgan fingerprint density at radius 2 is 2.06 bits per heavy atom. The summed E-state index contributed by atoms with van der Waals surface area (Å²) in [7, 11) is -4.37. The highest BCUT2D eigenvalue weighted by molar-refractivity contribution is 7.86. The largest absolute Gasteiger partial charge is 0.375 e. The van der Waals surface area contributed by atoms with Gasteiger partial charge in [-0.05, 0) is 31.5 Å². The molecule has 0 saturated heterocycles. The quantitative estimate of drug-likeness (QED) is 0.766. The van der Waals surface area contributed by atoms with Gasteiger partial charge in [0.1, 0.15) is 0 Å². The second-order valence-electron chi connectivity index (χ2n) is 4.18. The number of hydrogen-bond donors (Lipinski definition) is 2. The zero-order valence-corrected chi connectivity index (χ0v) is 11.4. The lowest BCUT2D eigenvalue weighted by Gasteiger charge is -2.24. The molecule has 0 heterocycles. The van der Waals surface area contributed by atoms with Crippen LogP contribution in [0.1, 0.15) is 18.9 Å². The zero-order chi connectivity index (χ0) is 13.8. The van der Waals surface area contributed by atoms with Crippen LogP contribution in [-0.4, -0.2) is 36.6 Å². The Bertz CT molecular complexity index is 487. The minimum absolute atomic E-state index is 0.0272. The summed E-state index contributed by atoms with van der Waals surface area (Å²) >= 11 is 0. The van der Waals surface area contributed by atoms with E-state index in [2.05, 4.69) is 0 Å². The summed E-state index contributed by atoms with van der Waals surface area (Å²) in [6, 6.07) is 7.82. The number of aryl methyl sites for hydroxylation is 1. The van der Waals surface area contributed by atoms with Crippen molar-refractivity contribution in [2.75, 3.05) is 18.0 Å². The van der Waals surface area contributed by atoms with E-state index < -0.39 is 15.6 Å². The number of hydrogen-bond acceptors (Lipinski definition) is 4. The third kappa shape index (κ3) is 4.29. The van der Waals surface area contributed by atoms with Gasteiger partial charge in [0, 0.05) is 25.2 Å². The molecule has 6 heteroatoms. The van der Waals surface area contributed by atoms with E-state index in [0.717, 1.165) is 11.3 Å². The molecular formula is C12H19NO4S. The molecule has 5 nitrogen and oxygen atoms in total. The van der Waals surface area contributed by atoms with Gasteiger partial charge in [0.05, 0.1) is 0 Å². The number of aliphatic hydroxyl groups is 1. The van der Waals surface area contributed by atoms with Crippen molar-refractivity contribution in [2.45, 2.75) is 25.7 Å². The first-order chi connectivity index (χ1) is 8.34. The van der Waals surface area contributed by atoms with E-state index >= 15 is 0 Å². The Hall–Kier alpha value is -1.11. The SMILES string of the molecule is CCN(CCC(O)S(=O)(=O)O)c1cccc(C)c1. The van der Waals surface area contributed by atoms with Gasteiger partial charge in [-0.1, -0.05) is 12.1 Å². The zero-order valence-electron chi connectivity index (χ0n) is 10.6. The van der Waals surface area contributed by atoms with E-state index in [4.69, 9.17) is 4.55 Å². The van der Waals surface area contributed by atoms with Gasteiger partial charge in [0.2, 0.25) is 0 Å².